The Kier molecular flexibility index (Phi) is 11.0. The van der Waals surface area contributed by atoms with E-state index in [4.69, 9.17) is 9.47 Å². The molecule has 0 aliphatic heterocycles. The van der Waals surface area contributed by atoms with E-state index in [0.29, 0.717) is 31.9 Å². The molecule has 0 spiro atoms. The Balaban J connectivity index is 3.29. The van der Waals surface area contributed by atoms with Gasteiger partial charge in [0, 0.05) is 26.5 Å². The Labute approximate surface area is 101 Å². The van der Waals surface area contributed by atoms with Crippen molar-refractivity contribution < 1.29 is 19.4 Å². The molecule has 0 aliphatic carbocycles. The summed E-state index contributed by atoms with van der Waals surface area (Å²) in [6.07, 6.45) is 0.00827. The molecule has 6 heteroatoms. The van der Waals surface area contributed by atoms with Crippen LogP contribution in [0.1, 0.15) is 6.42 Å². The summed E-state index contributed by atoms with van der Waals surface area (Å²) in [5.41, 5.74) is 0. The molecule has 5 nitrogen and oxygen atoms in total. The molecule has 0 fully saturated rings. The number of carbonyl (C=O) groups excluding carboxylic acids is 1. The molecule has 2 N–H and O–H groups in total. The maximum absolute atomic E-state index is 11.3. The van der Waals surface area contributed by atoms with E-state index >= 15 is 0 Å². The van der Waals surface area contributed by atoms with Crippen LogP contribution in [-0.4, -0.2) is 62.6 Å². The fourth-order valence-electron chi connectivity index (χ4n) is 1.01. The van der Waals surface area contributed by atoms with Gasteiger partial charge in [-0.15, -0.1) is 11.8 Å². The van der Waals surface area contributed by atoms with Crippen molar-refractivity contribution in [1.29, 1.82) is 0 Å². The van der Waals surface area contributed by atoms with Crippen LogP contribution in [-0.2, 0) is 14.3 Å². The van der Waals surface area contributed by atoms with Crippen LogP contribution in [0.3, 0.4) is 0 Å². The maximum Gasteiger partial charge on any atom is 0.229 e. The molecule has 0 aromatic carbocycles. The molecule has 0 aromatic rings. The first-order valence-electron chi connectivity index (χ1n) is 5.21. The van der Waals surface area contributed by atoms with Gasteiger partial charge in [-0.3, -0.25) is 4.79 Å². The van der Waals surface area contributed by atoms with E-state index in [9.17, 15) is 9.90 Å². The lowest BCUT2D eigenvalue weighted by Crippen LogP contribution is -2.29. The summed E-state index contributed by atoms with van der Waals surface area (Å²) >= 11 is 1.53. The van der Waals surface area contributed by atoms with Crippen LogP contribution < -0.4 is 5.32 Å². The van der Waals surface area contributed by atoms with Gasteiger partial charge in [0.1, 0.15) is 0 Å². The molecule has 0 bridgehead atoms. The summed E-state index contributed by atoms with van der Waals surface area (Å²) < 4.78 is 9.64. The average Bonchev–Trinajstić information content (AvgIpc) is 2.25. The number of hydrogen-bond donors (Lipinski definition) is 2. The van der Waals surface area contributed by atoms with Crippen molar-refractivity contribution in [2.75, 3.05) is 45.5 Å². The normalized spacial score (nSPS) is 12.4. The minimum Gasteiger partial charge on any atom is -0.391 e. The molecule has 0 radical (unpaired) electrons. The minimum absolute atomic E-state index is 0.00859. The van der Waals surface area contributed by atoms with E-state index in [1.165, 1.54) is 18.9 Å². The van der Waals surface area contributed by atoms with Gasteiger partial charge in [-0.2, -0.15) is 0 Å². The van der Waals surface area contributed by atoms with Gasteiger partial charge in [-0.05, 0) is 6.42 Å². The first kappa shape index (κ1) is 15.7. The third-order valence-corrected chi connectivity index (χ3v) is 2.75. The highest BCUT2D eigenvalue weighted by molar-refractivity contribution is 7.99. The van der Waals surface area contributed by atoms with Crippen LogP contribution in [0.2, 0.25) is 0 Å². The predicted molar refractivity (Wildman–Crippen MR) is 64.7 cm³/mol. The Bertz CT molecular complexity index is 180. The van der Waals surface area contributed by atoms with Gasteiger partial charge in [-0.1, -0.05) is 0 Å². The average molecular weight is 251 g/mol. The second kappa shape index (κ2) is 11.2. The second-order valence-corrected chi connectivity index (χ2v) is 4.40. The lowest BCUT2D eigenvalue weighted by Gasteiger charge is -2.09. The van der Waals surface area contributed by atoms with E-state index in [2.05, 4.69) is 5.32 Å². The van der Waals surface area contributed by atoms with E-state index in [0.717, 1.165) is 5.75 Å². The molecule has 96 valence electrons. The van der Waals surface area contributed by atoms with Gasteiger partial charge in [-0.25, -0.2) is 0 Å². The number of aliphatic hydroxyl groups is 1. The lowest BCUT2D eigenvalue weighted by molar-refractivity contribution is -0.118. The molecule has 0 saturated heterocycles. The first-order valence-corrected chi connectivity index (χ1v) is 6.36. The summed E-state index contributed by atoms with van der Waals surface area (Å²) in [4.78, 5) is 11.3. The smallest absolute Gasteiger partial charge is 0.229 e. The molecule has 1 atom stereocenters. The third-order valence-electron chi connectivity index (χ3n) is 1.82. The van der Waals surface area contributed by atoms with E-state index in [1.807, 2.05) is 0 Å². The highest BCUT2D eigenvalue weighted by Crippen LogP contribution is 1.98. The van der Waals surface area contributed by atoms with Gasteiger partial charge < -0.3 is 19.9 Å². The topological polar surface area (TPSA) is 67.8 Å². The number of aliphatic hydroxyl groups excluding tert-OH is 1. The van der Waals surface area contributed by atoms with Crippen molar-refractivity contribution in [3.63, 3.8) is 0 Å². The first-order chi connectivity index (χ1) is 7.70. The summed E-state index contributed by atoms with van der Waals surface area (Å²) in [5, 5.41) is 12.0. The van der Waals surface area contributed by atoms with Gasteiger partial charge in [0.25, 0.3) is 0 Å². The van der Waals surface area contributed by atoms with Crippen LogP contribution in [0, 0.1) is 0 Å². The van der Waals surface area contributed by atoms with Gasteiger partial charge in [0.15, 0.2) is 0 Å². The van der Waals surface area contributed by atoms with Gasteiger partial charge in [0.2, 0.25) is 5.91 Å². The maximum atomic E-state index is 11.3. The van der Waals surface area contributed by atoms with Crippen LogP contribution in [0.15, 0.2) is 0 Å². The van der Waals surface area contributed by atoms with E-state index < -0.39 is 6.10 Å². The standard InChI is InChI=1S/C10H21NO4S/c1-14-5-6-16-8-10(13)11-4-3-9(12)7-15-2/h9,12H,3-8H2,1-2H3,(H,11,13). The quantitative estimate of drug-likeness (QED) is 0.530. The van der Waals surface area contributed by atoms with Crippen LogP contribution in [0.4, 0.5) is 0 Å². The SMILES string of the molecule is COCCSCC(=O)NCCC(O)COC. The minimum atomic E-state index is -0.508. The summed E-state index contributed by atoms with van der Waals surface area (Å²) in [7, 11) is 3.17. The molecule has 0 heterocycles. The molecule has 16 heavy (non-hydrogen) atoms. The predicted octanol–water partition coefficient (Wildman–Crippen LogP) is -0.120. The lowest BCUT2D eigenvalue weighted by atomic mass is 10.3. The molecule has 0 saturated carbocycles. The van der Waals surface area contributed by atoms with Crippen LogP contribution in [0.5, 0.6) is 0 Å². The molecular weight excluding hydrogens is 230 g/mol. The van der Waals surface area contributed by atoms with Crippen LogP contribution in [0.25, 0.3) is 0 Å². The van der Waals surface area contributed by atoms with Crippen LogP contribution >= 0.6 is 11.8 Å². The largest absolute Gasteiger partial charge is 0.391 e. The number of ether oxygens (including phenoxy) is 2. The zero-order valence-corrected chi connectivity index (χ0v) is 10.7. The number of methoxy groups -OCH3 is 2. The zero-order chi connectivity index (χ0) is 12.2. The number of thioether (sulfide) groups is 1. The number of carbonyl (C=O) groups is 1. The van der Waals surface area contributed by atoms with Crippen molar-refractivity contribution in [2.24, 2.45) is 0 Å². The van der Waals surface area contributed by atoms with Gasteiger partial charge in [0.05, 0.1) is 25.1 Å². The van der Waals surface area contributed by atoms with E-state index in [-0.39, 0.29) is 5.91 Å². The Morgan fingerprint density at radius 3 is 2.81 bits per heavy atom. The zero-order valence-electron chi connectivity index (χ0n) is 9.90. The number of nitrogens with one attached hydrogen (secondary N) is 1. The van der Waals surface area contributed by atoms with Crippen molar-refractivity contribution >= 4 is 17.7 Å². The highest BCUT2D eigenvalue weighted by atomic mass is 32.2. The third kappa shape index (κ3) is 10.2. The number of rotatable bonds is 10. The summed E-state index contributed by atoms with van der Waals surface area (Å²) in [6.45, 7) is 1.44. The fraction of sp³-hybridized carbons (Fsp3) is 0.900. The Hall–Kier alpha value is -0.300. The number of hydrogen-bond acceptors (Lipinski definition) is 5. The van der Waals surface area contributed by atoms with E-state index in [1.54, 1.807) is 7.11 Å². The Morgan fingerprint density at radius 2 is 2.19 bits per heavy atom. The molecule has 1 unspecified atom stereocenters. The van der Waals surface area contributed by atoms with Crippen molar-refractivity contribution in [2.45, 2.75) is 12.5 Å². The highest BCUT2D eigenvalue weighted by Gasteiger charge is 2.05. The Morgan fingerprint density at radius 1 is 1.44 bits per heavy atom. The molecule has 0 rings (SSSR count). The molecule has 0 aliphatic rings. The second-order valence-electron chi connectivity index (χ2n) is 3.29. The summed E-state index contributed by atoms with van der Waals surface area (Å²) in [5.74, 6) is 1.24. The fourth-order valence-corrected chi connectivity index (χ4v) is 1.73. The van der Waals surface area contributed by atoms with Crippen molar-refractivity contribution in [3.05, 3.63) is 0 Å². The molecular formula is C10H21NO4S. The van der Waals surface area contributed by atoms with Gasteiger partial charge >= 0.3 is 0 Å². The monoisotopic (exact) mass is 251 g/mol. The molecule has 0 aromatic heterocycles. The van der Waals surface area contributed by atoms with Crippen molar-refractivity contribution in [1.82, 2.24) is 5.32 Å². The van der Waals surface area contributed by atoms with Crippen molar-refractivity contribution in [3.8, 4) is 0 Å². The summed E-state index contributed by atoms with van der Waals surface area (Å²) in [6, 6.07) is 0. The molecule has 1 amide bonds. The number of amides is 1.